The first-order chi connectivity index (χ1) is 10.1. The molecule has 0 radical (unpaired) electrons. The third kappa shape index (κ3) is 3.00. The van der Waals surface area contributed by atoms with Gasteiger partial charge in [0.05, 0.1) is 10.6 Å². The number of carbonyl (C=O) groups is 1. The predicted octanol–water partition coefficient (Wildman–Crippen LogP) is 5.09. The summed E-state index contributed by atoms with van der Waals surface area (Å²) in [4.78, 5) is 17.3. The van der Waals surface area contributed by atoms with E-state index in [2.05, 4.69) is 10.3 Å². The van der Waals surface area contributed by atoms with Gasteiger partial charge in [-0.3, -0.25) is 10.1 Å². The molecule has 0 aliphatic heterocycles. The Balaban J connectivity index is 1.82. The molecule has 0 aliphatic rings. The predicted molar refractivity (Wildman–Crippen MR) is 89.6 cm³/mol. The largest absolute Gasteiger partial charge is 0.297 e. The van der Waals surface area contributed by atoms with Crippen molar-refractivity contribution in [2.75, 3.05) is 5.32 Å². The number of halogens is 1. The van der Waals surface area contributed by atoms with Gasteiger partial charge in [-0.15, -0.1) is 22.7 Å². The molecule has 21 heavy (non-hydrogen) atoms. The quantitative estimate of drug-likeness (QED) is 0.725. The van der Waals surface area contributed by atoms with Gasteiger partial charge in [0.2, 0.25) is 0 Å². The lowest BCUT2D eigenvalue weighted by Gasteiger charge is -2.01. The van der Waals surface area contributed by atoms with E-state index in [4.69, 9.17) is 11.6 Å². The molecule has 0 atom stereocenters. The molecule has 3 aromatic rings. The molecule has 2 aromatic heterocycles. The van der Waals surface area contributed by atoms with Gasteiger partial charge >= 0.3 is 0 Å². The number of nitrogens with zero attached hydrogens (tertiary/aromatic N) is 1. The van der Waals surface area contributed by atoms with Crippen LogP contribution in [0.5, 0.6) is 0 Å². The van der Waals surface area contributed by atoms with Crippen molar-refractivity contribution in [3.05, 3.63) is 56.6 Å². The molecule has 1 N–H and O–H groups in total. The topological polar surface area (TPSA) is 42.0 Å². The molecule has 0 unspecified atom stereocenters. The minimum Gasteiger partial charge on any atom is -0.297 e. The van der Waals surface area contributed by atoms with Crippen LogP contribution in [0.2, 0.25) is 5.02 Å². The summed E-state index contributed by atoms with van der Waals surface area (Å²) >= 11 is 8.97. The summed E-state index contributed by atoms with van der Waals surface area (Å²) in [6.45, 7) is 1.92. The van der Waals surface area contributed by atoms with Crippen LogP contribution in [0.1, 0.15) is 15.2 Å². The van der Waals surface area contributed by atoms with Crippen LogP contribution in [0.25, 0.3) is 11.3 Å². The van der Waals surface area contributed by atoms with Crippen molar-refractivity contribution in [3.63, 3.8) is 0 Å². The first-order valence-electron chi connectivity index (χ1n) is 6.21. The van der Waals surface area contributed by atoms with Gasteiger partial charge < -0.3 is 0 Å². The van der Waals surface area contributed by atoms with Gasteiger partial charge in [-0.05, 0) is 30.0 Å². The Kier molecular flexibility index (Phi) is 4.05. The van der Waals surface area contributed by atoms with Gasteiger partial charge in [-0.25, -0.2) is 4.98 Å². The molecular weight excluding hydrogens is 324 g/mol. The number of carbonyl (C=O) groups excluding carboxylic acids is 1. The van der Waals surface area contributed by atoms with Gasteiger partial charge in [0.25, 0.3) is 5.91 Å². The first kappa shape index (κ1) is 14.3. The Hall–Kier alpha value is -1.69. The molecule has 1 aromatic carbocycles. The second kappa shape index (κ2) is 5.97. The van der Waals surface area contributed by atoms with Crippen LogP contribution in [-0.4, -0.2) is 10.9 Å². The third-order valence-corrected chi connectivity index (χ3v) is 5.05. The average molecular weight is 335 g/mol. The molecule has 6 heteroatoms. The monoisotopic (exact) mass is 334 g/mol. The number of thiophene rings is 1. The fourth-order valence-corrected chi connectivity index (χ4v) is 3.64. The summed E-state index contributed by atoms with van der Waals surface area (Å²) in [5.74, 6) is -0.123. The van der Waals surface area contributed by atoms with Crippen LogP contribution >= 0.6 is 34.3 Å². The van der Waals surface area contributed by atoms with Crippen LogP contribution in [0, 0.1) is 6.92 Å². The number of nitrogens with one attached hydrogen (secondary N) is 1. The van der Waals surface area contributed by atoms with Crippen molar-refractivity contribution >= 4 is 45.3 Å². The minimum atomic E-state index is -0.123. The number of hydrogen-bond donors (Lipinski definition) is 1. The van der Waals surface area contributed by atoms with Crippen molar-refractivity contribution < 1.29 is 4.79 Å². The summed E-state index contributed by atoms with van der Waals surface area (Å²) in [6, 6.07) is 9.45. The molecule has 0 spiro atoms. The SMILES string of the molecule is Cc1ccsc1C(=O)Nc1nc(-c2ccccc2Cl)cs1. The van der Waals surface area contributed by atoms with Crippen LogP contribution in [-0.2, 0) is 0 Å². The molecule has 0 aliphatic carbocycles. The second-order valence-electron chi connectivity index (χ2n) is 4.40. The molecule has 3 nitrogen and oxygen atoms in total. The number of hydrogen-bond acceptors (Lipinski definition) is 4. The van der Waals surface area contributed by atoms with E-state index in [0.717, 1.165) is 16.8 Å². The second-order valence-corrected chi connectivity index (χ2v) is 6.59. The highest BCUT2D eigenvalue weighted by Crippen LogP contribution is 2.30. The summed E-state index contributed by atoms with van der Waals surface area (Å²) in [5, 5.41) is 7.84. The Morgan fingerprint density at radius 3 is 2.76 bits per heavy atom. The molecule has 1 amide bonds. The lowest BCUT2D eigenvalue weighted by molar-refractivity contribution is 0.103. The number of aryl methyl sites for hydroxylation is 1. The van der Waals surface area contributed by atoms with Crippen molar-refractivity contribution in [2.24, 2.45) is 0 Å². The van der Waals surface area contributed by atoms with Gasteiger partial charge in [0, 0.05) is 16.0 Å². The minimum absolute atomic E-state index is 0.123. The van der Waals surface area contributed by atoms with E-state index in [9.17, 15) is 4.79 Å². The maximum atomic E-state index is 12.1. The van der Waals surface area contributed by atoms with Gasteiger partial charge in [-0.1, -0.05) is 29.8 Å². The van der Waals surface area contributed by atoms with E-state index in [-0.39, 0.29) is 5.91 Å². The summed E-state index contributed by atoms with van der Waals surface area (Å²) in [6.07, 6.45) is 0. The molecule has 106 valence electrons. The molecule has 0 bridgehead atoms. The molecular formula is C15H11ClN2OS2. The van der Waals surface area contributed by atoms with Gasteiger partial charge in [-0.2, -0.15) is 0 Å². The maximum Gasteiger partial charge on any atom is 0.267 e. The number of benzene rings is 1. The Morgan fingerprint density at radius 1 is 1.24 bits per heavy atom. The highest BCUT2D eigenvalue weighted by Gasteiger charge is 2.13. The van der Waals surface area contributed by atoms with Gasteiger partial charge in [0.1, 0.15) is 0 Å². The van der Waals surface area contributed by atoms with Crippen LogP contribution in [0.15, 0.2) is 41.1 Å². The number of rotatable bonds is 3. The van der Waals surface area contributed by atoms with Crippen molar-refractivity contribution in [1.29, 1.82) is 0 Å². The van der Waals surface area contributed by atoms with Crippen LogP contribution in [0.3, 0.4) is 0 Å². The normalized spacial score (nSPS) is 10.6. The smallest absolute Gasteiger partial charge is 0.267 e. The summed E-state index contributed by atoms with van der Waals surface area (Å²) in [7, 11) is 0. The zero-order chi connectivity index (χ0) is 14.8. The van der Waals surface area contributed by atoms with E-state index in [1.807, 2.05) is 48.0 Å². The van der Waals surface area contributed by atoms with E-state index in [1.54, 1.807) is 0 Å². The number of amides is 1. The van der Waals surface area contributed by atoms with Crippen molar-refractivity contribution in [1.82, 2.24) is 4.98 Å². The third-order valence-electron chi connectivity index (χ3n) is 2.94. The maximum absolute atomic E-state index is 12.1. The first-order valence-corrected chi connectivity index (χ1v) is 8.35. The van der Waals surface area contributed by atoms with Gasteiger partial charge in [0.15, 0.2) is 5.13 Å². The summed E-state index contributed by atoms with van der Waals surface area (Å²) < 4.78 is 0. The highest BCUT2D eigenvalue weighted by molar-refractivity contribution is 7.14. The van der Waals surface area contributed by atoms with Crippen molar-refractivity contribution in [2.45, 2.75) is 6.92 Å². The van der Waals surface area contributed by atoms with Crippen LogP contribution < -0.4 is 5.32 Å². The fourth-order valence-electron chi connectivity index (χ4n) is 1.88. The standard InChI is InChI=1S/C15H11ClN2OS2/c1-9-6-7-20-13(9)14(19)18-15-17-12(8-21-15)10-4-2-3-5-11(10)16/h2-8H,1H3,(H,17,18,19). The zero-order valence-corrected chi connectivity index (χ0v) is 13.5. The highest BCUT2D eigenvalue weighted by atomic mass is 35.5. The Bertz CT molecular complexity index is 794. The Labute approximate surface area is 135 Å². The molecule has 3 rings (SSSR count). The lowest BCUT2D eigenvalue weighted by Crippen LogP contribution is -2.10. The van der Waals surface area contributed by atoms with Crippen LogP contribution in [0.4, 0.5) is 5.13 Å². The van der Waals surface area contributed by atoms with E-state index >= 15 is 0 Å². The number of aromatic nitrogens is 1. The molecule has 0 saturated carbocycles. The number of thiazole rings is 1. The van der Waals surface area contributed by atoms with E-state index in [1.165, 1.54) is 22.7 Å². The fraction of sp³-hybridized carbons (Fsp3) is 0.0667. The Morgan fingerprint density at radius 2 is 2.05 bits per heavy atom. The van der Waals surface area contributed by atoms with E-state index in [0.29, 0.717) is 15.0 Å². The average Bonchev–Trinajstić information content (AvgIpc) is 3.08. The molecule has 2 heterocycles. The van der Waals surface area contributed by atoms with Crippen molar-refractivity contribution in [3.8, 4) is 11.3 Å². The summed E-state index contributed by atoms with van der Waals surface area (Å²) in [5.41, 5.74) is 2.60. The molecule has 0 fully saturated rings. The zero-order valence-electron chi connectivity index (χ0n) is 11.1. The number of anilines is 1. The molecule has 0 saturated heterocycles. The lowest BCUT2D eigenvalue weighted by atomic mass is 10.2. The van der Waals surface area contributed by atoms with E-state index < -0.39 is 0 Å².